The lowest BCUT2D eigenvalue weighted by molar-refractivity contribution is -0.384. The number of benzene rings is 1. The molecule has 2 unspecified atom stereocenters. The molecule has 0 amide bonds. The van der Waals surface area contributed by atoms with E-state index in [4.69, 9.17) is 4.98 Å². The van der Waals surface area contributed by atoms with E-state index in [9.17, 15) is 10.1 Å². The Bertz CT molecular complexity index is 853. The van der Waals surface area contributed by atoms with Crippen LogP contribution in [0.4, 0.5) is 11.6 Å². The number of nitro groups is 1. The predicted molar refractivity (Wildman–Crippen MR) is 97.9 cm³/mol. The van der Waals surface area contributed by atoms with Gasteiger partial charge in [-0.1, -0.05) is 11.6 Å². The number of rotatable bonds is 4. The summed E-state index contributed by atoms with van der Waals surface area (Å²) in [5, 5.41) is 14.6. The molecule has 4 rings (SSSR count). The highest BCUT2D eigenvalue weighted by Crippen LogP contribution is 2.34. The van der Waals surface area contributed by atoms with Gasteiger partial charge in [0.15, 0.2) is 0 Å². The Kier molecular flexibility index (Phi) is 3.95. The molecule has 7 heteroatoms. The second-order valence-corrected chi connectivity index (χ2v) is 7.20. The van der Waals surface area contributed by atoms with Crippen LogP contribution in [-0.2, 0) is 6.54 Å². The Hall–Kier alpha value is -2.41. The molecule has 1 aromatic heterocycles. The van der Waals surface area contributed by atoms with Gasteiger partial charge in [-0.2, -0.15) is 0 Å². The van der Waals surface area contributed by atoms with Crippen LogP contribution >= 0.6 is 0 Å². The maximum atomic E-state index is 11.1. The topological polar surface area (TPSA) is 76.2 Å². The van der Waals surface area contributed by atoms with Gasteiger partial charge in [0.1, 0.15) is 0 Å². The first kappa shape index (κ1) is 16.1. The van der Waals surface area contributed by atoms with Crippen LogP contribution in [0, 0.1) is 16.0 Å². The molecule has 0 spiro atoms. The molecular formula is C18H23N5O2. The maximum absolute atomic E-state index is 11.1. The predicted octanol–water partition coefficient (Wildman–Crippen LogP) is 2.71. The molecule has 0 radical (unpaired) electrons. The Balaban J connectivity index is 1.81. The number of imidazole rings is 1. The summed E-state index contributed by atoms with van der Waals surface area (Å²) in [5.74, 6) is 1.61. The summed E-state index contributed by atoms with van der Waals surface area (Å²) >= 11 is 0. The smallest absolute Gasteiger partial charge is 0.271 e. The van der Waals surface area contributed by atoms with Gasteiger partial charge >= 0.3 is 0 Å². The van der Waals surface area contributed by atoms with E-state index in [0.717, 1.165) is 37.6 Å². The lowest BCUT2D eigenvalue weighted by atomic mass is 10.1. The van der Waals surface area contributed by atoms with Crippen molar-refractivity contribution in [1.29, 1.82) is 0 Å². The molecule has 2 fully saturated rings. The fourth-order valence-corrected chi connectivity index (χ4v) is 3.99. The molecule has 1 N–H and O–H groups in total. The van der Waals surface area contributed by atoms with Gasteiger partial charge in [0.05, 0.1) is 16.0 Å². The highest BCUT2D eigenvalue weighted by Gasteiger charge is 2.39. The number of fused-ring (bicyclic) bond motifs is 2. The first-order valence-corrected chi connectivity index (χ1v) is 8.80. The standard InChI is InChI=1S/C18H23N5O2/c1-12(2)5-7-21-16-4-3-14(23(24)25)9-15(16)20-18(21)22-8-6-13-10-19-11-17(13)22/h3-5,9,13,17,19H,6-8,10-11H2,1-2H3. The third-order valence-electron chi connectivity index (χ3n) is 5.31. The highest BCUT2D eigenvalue weighted by atomic mass is 16.6. The molecule has 2 aromatic rings. The highest BCUT2D eigenvalue weighted by molar-refractivity contribution is 5.81. The number of hydrogen-bond acceptors (Lipinski definition) is 5. The molecule has 0 saturated carbocycles. The van der Waals surface area contributed by atoms with Crippen molar-refractivity contribution in [3.05, 3.63) is 40.0 Å². The molecule has 1 aromatic carbocycles. The molecule has 132 valence electrons. The van der Waals surface area contributed by atoms with Crippen molar-refractivity contribution in [2.75, 3.05) is 24.5 Å². The van der Waals surface area contributed by atoms with Crippen LogP contribution in [0.25, 0.3) is 11.0 Å². The average molecular weight is 341 g/mol. The van der Waals surface area contributed by atoms with Crippen molar-refractivity contribution in [2.24, 2.45) is 5.92 Å². The van der Waals surface area contributed by atoms with Crippen LogP contribution in [-0.4, -0.2) is 40.2 Å². The van der Waals surface area contributed by atoms with E-state index in [-0.39, 0.29) is 10.6 Å². The van der Waals surface area contributed by atoms with Crippen molar-refractivity contribution in [3.63, 3.8) is 0 Å². The first-order valence-electron chi connectivity index (χ1n) is 8.80. The molecule has 7 nitrogen and oxygen atoms in total. The van der Waals surface area contributed by atoms with Crippen LogP contribution in [0.5, 0.6) is 0 Å². The fraction of sp³-hybridized carbons (Fsp3) is 0.500. The Morgan fingerprint density at radius 2 is 2.28 bits per heavy atom. The average Bonchev–Trinajstić information content (AvgIpc) is 3.25. The molecular weight excluding hydrogens is 318 g/mol. The zero-order chi connectivity index (χ0) is 17.6. The normalized spacial score (nSPS) is 22.4. The summed E-state index contributed by atoms with van der Waals surface area (Å²) in [4.78, 5) is 17.9. The zero-order valence-corrected chi connectivity index (χ0v) is 14.6. The molecule has 2 atom stereocenters. The van der Waals surface area contributed by atoms with Gasteiger partial charge in [0, 0.05) is 44.4 Å². The molecule has 3 heterocycles. The van der Waals surface area contributed by atoms with Gasteiger partial charge < -0.3 is 14.8 Å². The van der Waals surface area contributed by atoms with Crippen molar-refractivity contribution in [1.82, 2.24) is 14.9 Å². The van der Waals surface area contributed by atoms with Crippen molar-refractivity contribution in [2.45, 2.75) is 32.9 Å². The van der Waals surface area contributed by atoms with E-state index in [1.165, 1.54) is 12.0 Å². The third kappa shape index (κ3) is 2.78. The molecule has 0 bridgehead atoms. The summed E-state index contributed by atoms with van der Waals surface area (Å²) < 4.78 is 2.19. The monoisotopic (exact) mass is 341 g/mol. The molecule has 2 aliphatic heterocycles. The summed E-state index contributed by atoms with van der Waals surface area (Å²) in [6.07, 6.45) is 3.34. The van der Waals surface area contributed by atoms with Crippen LogP contribution in [0.1, 0.15) is 20.3 Å². The number of nitrogens with zero attached hydrogens (tertiary/aromatic N) is 4. The fourth-order valence-electron chi connectivity index (χ4n) is 3.99. The van der Waals surface area contributed by atoms with E-state index in [0.29, 0.717) is 17.5 Å². The summed E-state index contributed by atoms with van der Waals surface area (Å²) in [6.45, 7) is 7.94. The van der Waals surface area contributed by atoms with E-state index in [2.05, 4.69) is 34.7 Å². The lowest BCUT2D eigenvalue weighted by Gasteiger charge is -2.25. The van der Waals surface area contributed by atoms with Crippen LogP contribution < -0.4 is 10.2 Å². The zero-order valence-electron chi connectivity index (χ0n) is 14.6. The van der Waals surface area contributed by atoms with Gasteiger partial charge in [-0.3, -0.25) is 10.1 Å². The summed E-state index contributed by atoms with van der Waals surface area (Å²) in [5.41, 5.74) is 2.98. The van der Waals surface area contributed by atoms with Gasteiger partial charge in [-0.05, 0) is 32.3 Å². The van der Waals surface area contributed by atoms with Crippen molar-refractivity contribution in [3.8, 4) is 0 Å². The van der Waals surface area contributed by atoms with Crippen LogP contribution in [0.3, 0.4) is 0 Å². The molecule has 2 saturated heterocycles. The minimum Gasteiger partial charge on any atom is -0.338 e. The van der Waals surface area contributed by atoms with Crippen LogP contribution in [0.15, 0.2) is 29.8 Å². The van der Waals surface area contributed by atoms with Gasteiger partial charge in [0.25, 0.3) is 5.69 Å². The number of anilines is 1. The van der Waals surface area contributed by atoms with Crippen LogP contribution in [0.2, 0.25) is 0 Å². The Morgan fingerprint density at radius 1 is 1.44 bits per heavy atom. The van der Waals surface area contributed by atoms with Gasteiger partial charge in [0.2, 0.25) is 5.95 Å². The number of allylic oxidation sites excluding steroid dienone is 2. The van der Waals surface area contributed by atoms with E-state index < -0.39 is 0 Å². The van der Waals surface area contributed by atoms with E-state index in [1.807, 2.05) is 6.07 Å². The van der Waals surface area contributed by atoms with Crippen molar-refractivity contribution < 1.29 is 4.92 Å². The molecule has 25 heavy (non-hydrogen) atoms. The minimum atomic E-state index is -0.360. The van der Waals surface area contributed by atoms with Crippen molar-refractivity contribution >= 4 is 22.7 Å². The maximum Gasteiger partial charge on any atom is 0.271 e. The third-order valence-corrected chi connectivity index (χ3v) is 5.31. The summed E-state index contributed by atoms with van der Waals surface area (Å²) in [6, 6.07) is 5.44. The van der Waals surface area contributed by atoms with E-state index >= 15 is 0 Å². The molecule has 2 aliphatic rings. The number of aromatic nitrogens is 2. The van der Waals surface area contributed by atoms with Gasteiger partial charge in [-0.15, -0.1) is 0 Å². The quantitative estimate of drug-likeness (QED) is 0.526. The van der Waals surface area contributed by atoms with E-state index in [1.54, 1.807) is 12.1 Å². The van der Waals surface area contributed by atoms with Gasteiger partial charge in [-0.25, -0.2) is 4.98 Å². The Morgan fingerprint density at radius 3 is 3.04 bits per heavy atom. The second kappa shape index (κ2) is 6.15. The number of hydrogen-bond donors (Lipinski definition) is 1. The largest absolute Gasteiger partial charge is 0.338 e. The SMILES string of the molecule is CC(C)=CCn1c(N2CCC3CNCC32)nc2cc([N+](=O)[O-])ccc21. The first-order chi connectivity index (χ1) is 12.0. The second-order valence-electron chi connectivity index (χ2n) is 7.20. The Labute approximate surface area is 146 Å². The molecule has 0 aliphatic carbocycles. The number of nitrogens with one attached hydrogen (secondary N) is 1. The summed E-state index contributed by atoms with van der Waals surface area (Å²) in [7, 11) is 0. The lowest BCUT2D eigenvalue weighted by Crippen LogP contribution is -2.36. The number of non-ortho nitro benzene ring substituents is 1. The minimum absolute atomic E-state index is 0.0905. The number of nitro benzene ring substituents is 1.